The van der Waals surface area contributed by atoms with Crippen LogP contribution in [-0.2, 0) is 11.3 Å². The van der Waals surface area contributed by atoms with Crippen molar-refractivity contribution in [3.8, 4) is 5.75 Å². The molecule has 1 amide bonds. The highest BCUT2D eigenvalue weighted by atomic mass is 32.2. The molecule has 2 aliphatic rings. The number of anilines is 1. The summed E-state index contributed by atoms with van der Waals surface area (Å²) in [6.07, 6.45) is 8.99. The van der Waals surface area contributed by atoms with Crippen molar-refractivity contribution in [2.75, 3.05) is 12.4 Å². The van der Waals surface area contributed by atoms with Crippen molar-refractivity contribution in [2.24, 2.45) is 0 Å². The lowest BCUT2D eigenvalue weighted by molar-refractivity contribution is -0.122. The summed E-state index contributed by atoms with van der Waals surface area (Å²) in [7, 11) is 1.62. The summed E-state index contributed by atoms with van der Waals surface area (Å²) in [6, 6.07) is 11.6. The molecule has 0 atom stereocenters. The van der Waals surface area contributed by atoms with E-state index >= 15 is 0 Å². The average molecular weight is 521 g/mol. The number of rotatable bonds is 6. The second kappa shape index (κ2) is 10.4. The van der Waals surface area contributed by atoms with Crippen LogP contribution in [-0.4, -0.2) is 37.7 Å². The molecule has 1 aliphatic carbocycles. The zero-order chi connectivity index (χ0) is 25.2. The Kier molecular flexibility index (Phi) is 7.11. The maximum Gasteiger partial charge on any atom is 0.267 e. The molecule has 3 aromatic rings. The van der Waals surface area contributed by atoms with Gasteiger partial charge in [-0.3, -0.25) is 18.9 Å². The molecule has 0 spiro atoms. The van der Waals surface area contributed by atoms with Crippen LogP contribution in [0.25, 0.3) is 11.7 Å². The molecule has 2 fully saturated rings. The summed E-state index contributed by atoms with van der Waals surface area (Å²) in [5.74, 6) is 1.07. The van der Waals surface area contributed by atoms with Gasteiger partial charge < -0.3 is 10.1 Å². The normalized spacial score (nSPS) is 17.8. The Morgan fingerprint density at radius 1 is 1.17 bits per heavy atom. The molecule has 1 saturated heterocycles. The van der Waals surface area contributed by atoms with Gasteiger partial charge in [0.05, 0.1) is 24.1 Å². The fraction of sp³-hybridized carbons (Fsp3) is 0.333. The van der Waals surface area contributed by atoms with Crippen molar-refractivity contribution in [2.45, 2.75) is 51.6 Å². The quantitative estimate of drug-likeness (QED) is 0.356. The van der Waals surface area contributed by atoms with E-state index < -0.39 is 0 Å². The van der Waals surface area contributed by atoms with Crippen molar-refractivity contribution in [3.63, 3.8) is 0 Å². The lowest BCUT2D eigenvalue weighted by Crippen LogP contribution is -2.28. The number of hydrogen-bond acceptors (Lipinski definition) is 7. The monoisotopic (exact) mass is 520 g/mol. The molecular formula is C27H28N4O3S2. The summed E-state index contributed by atoms with van der Waals surface area (Å²) in [5, 5.41) is 3.52. The van der Waals surface area contributed by atoms with Gasteiger partial charge in [-0.15, -0.1) is 0 Å². The number of aromatic nitrogens is 2. The van der Waals surface area contributed by atoms with Crippen LogP contribution in [0.15, 0.2) is 52.3 Å². The number of carbonyl (C=O) groups excluding carboxylic acids is 1. The third kappa shape index (κ3) is 4.90. The SMILES string of the molecule is COc1ccc(CN2C(=O)/C(=C\c3c(NC4CCCCC4)nc4c(C)cccn4c3=O)SC2=S)cc1. The first-order chi connectivity index (χ1) is 17.4. The van der Waals surface area contributed by atoms with Gasteiger partial charge >= 0.3 is 0 Å². The largest absolute Gasteiger partial charge is 0.497 e. The van der Waals surface area contributed by atoms with E-state index in [-0.39, 0.29) is 17.5 Å². The van der Waals surface area contributed by atoms with E-state index in [0.29, 0.717) is 32.8 Å². The van der Waals surface area contributed by atoms with E-state index in [1.165, 1.54) is 18.2 Å². The van der Waals surface area contributed by atoms with Gasteiger partial charge in [0.2, 0.25) is 0 Å². The molecule has 36 heavy (non-hydrogen) atoms. The predicted octanol–water partition coefficient (Wildman–Crippen LogP) is 5.16. The molecule has 0 bridgehead atoms. The van der Waals surface area contributed by atoms with Crippen LogP contribution in [0.1, 0.15) is 48.8 Å². The van der Waals surface area contributed by atoms with Gasteiger partial charge in [0.1, 0.15) is 21.5 Å². The number of pyridine rings is 1. The van der Waals surface area contributed by atoms with Gasteiger partial charge in [0.15, 0.2) is 0 Å². The van der Waals surface area contributed by atoms with Crippen LogP contribution in [0.2, 0.25) is 0 Å². The standard InChI is InChI=1S/C27H28N4O3S2/c1-17-7-6-14-30-24(17)29-23(28-19-8-4-3-5-9-19)21(25(30)32)15-22-26(33)31(27(35)36-22)16-18-10-12-20(34-2)13-11-18/h6-7,10-15,19,28H,3-5,8-9,16H2,1-2H3/b22-15+. The molecule has 7 nitrogen and oxygen atoms in total. The first-order valence-corrected chi connectivity index (χ1v) is 13.3. The average Bonchev–Trinajstić information content (AvgIpc) is 3.15. The summed E-state index contributed by atoms with van der Waals surface area (Å²) >= 11 is 6.75. The molecule has 1 aromatic carbocycles. The van der Waals surface area contributed by atoms with Crippen molar-refractivity contribution in [1.29, 1.82) is 0 Å². The van der Waals surface area contributed by atoms with Crippen LogP contribution in [0, 0.1) is 6.92 Å². The Morgan fingerprint density at radius 2 is 1.92 bits per heavy atom. The number of hydrogen-bond donors (Lipinski definition) is 1. The third-order valence-electron chi connectivity index (χ3n) is 6.68. The number of ether oxygens (including phenoxy) is 1. The number of nitrogens with zero attached hydrogens (tertiary/aromatic N) is 3. The van der Waals surface area contributed by atoms with Crippen LogP contribution >= 0.6 is 24.0 Å². The first kappa shape index (κ1) is 24.5. The van der Waals surface area contributed by atoms with E-state index in [4.69, 9.17) is 21.9 Å². The van der Waals surface area contributed by atoms with Crippen LogP contribution in [0.4, 0.5) is 5.82 Å². The lowest BCUT2D eigenvalue weighted by Gasteiger charge is -2.24. The van der Waals surface area contributed by atoms with E-state index in [1.54, 1.807) is 28.7 Å². The number of nitrogens with one attached hydrogen (secondary N) is 1. The Labute approximate surface area is 219 Å². The maximum absolute atomic E-state index is 13.6. The van der Waals surface area contributed by atoms with E-state index in [1.807, 2.05) is 43.3 Å². The maximum atomic E-state index is 13.6. The highest BCUT2D eigenvalue weighted by Gasteiger charge is 2.33. The summed E-state index contributed by atoms with van der Waals surface area (Å²) < 4.78 is 7.23. The van der Waals surface area contributed by atoms with Crippen LogP contribution in [0.3, 0.4) is 0 Å². The smallest absolute Gasteiger partial charge is 0.267 e. The van der Waals surface area contributed by atoms with E-state index in [9.17, 15) is 9.59 Å². The topological polar surface area (TPSA) is 75.9 Å². The zero-order valence-corrected chi connectivity index (χ0v) is 22.0. The molecule has 3 heterocycles. The third-order valence-corrected chi connectivity index (χ3v) is 8.06. The molecule has 9 heteroatoms. The fourth-order valence-electron chi connectivity index (χ4n) is 4.67. The summed E-state index contributed by atoms with van der Waals surface area (Å²) in [6.45, 7) is 2.30. The Balaban J connectivity index is 1.51. The van der Waals surface area contributed by atoms with Crippen LogP contribution in [0.5, 0.6) is 5.75 Å². The highest BCUT2D eigenvalue weighted by molar-refractivity contribution is 8.26. The van der Waals surface area contributed by atoms with Crippen molar-refractivity contribution in [3.05, 3.63) is 74.5 Å². The van der Waals surface area contributed by atoms with Crippen molar-refractivity contribution in [1.82, 2.24) is 14.3 Å². The molecule has 5 rings (SSSR count). The summed E-state index contributed by atoms with van der Waals surface area (Å²) in [5.41, 5.74) is 2.65. The van der Waals surface area contributed by atoms with E-state index in [0.717, 1.165) is 42.6 Å². The number of thioether (sulfide) groups is 1. The number of thiocarbonyl (C=S) groups is 1. The van der Waals surface area contributed by atoms with Gasteiger partial charge in [-0.1, -0.05) is 61.4 Å². The number of aryl methyl sites for hydroxylation is 1. The predicted molar refractivity (Wildman–Crippen MR) is 148 cm³/mol. The number of amides is 1. The van der Waals surface area contributed by atoms with Crippen molar-refractivity contribution >= 4 is 51.7 Å². The van der Waals surface area contributed by atoms with Gasteiger partial charge in [-0.2, -0.15) is 0 Å². The number of methoxy groups -OCH3 is 1. The van der Waals surface area contributed by atoms with Gasteiger partial charge in [0.25, 0.3) is 11.5 Å². The zero-order valence-electron chi connectivity index (χ0n) is 20.3. The number of fused-ring (bicyclic) bond motifs is 1. The highest BCUT2D eigenvalue weighted by Crippen LogP contribution is 2.34. The Morgan fingerprint density at radius 3 is 2.64 bits per heavy atom. The molecule has 1 saturated carbocycles. The van der Waals surface area contributed by atoms with Crippen LogP contribution < -0.4 is 15.6 Å². The van der Waals surface area contributed by atoms with Gasteiger partial charge in [-0.05, 0) is 55.2 Å². The molecular weight excluding hydrogens is 492 g/mol. The molecule has 2 aromatic heterocycles. The molecule has 0 radical (unpaired) electrons. The minimum Gasteiger partial charge on any atom is -0.497 e. The second-order valence-electron chi connectivity index (χ2n) is 9.16. The molecule has 186 valence electrons. The fourth-order valence-corrected chi connectivity index (χ4v) is 5.91. The Bertz CT molecular complexity index is 1410. The molecule has 1 N–H and O–H groups in total. The number of benzene rings is 1. The first-order valence-electron chi connectivity index (χ1n) is 12.1. The van der Waals surface area contributed by atoms with Crippen molar-refractivity contribution < 1.29 is 9.53 Å². The Hall–Kier alpha value is -3.17. The number of carbonyl (C=O) groups is 1. The van der Waals surface area contributed by atoms with Gasteiger partial charge in [-0.25, -0.2) is 4.98 Å². The van der Waals surface area contributed by atoms with Gasteiger partial charge in [0, 0.05) is 12.2 Å². The lowest BCUT2D eigenvalue weighted by atomic mass is 9.95. The second-order valence-corrected chi connectivity index (χ2v) is 10.8. The minimum absolute atomic E-state index is 0.206. The molecule has 1 aliphatic heterocycles. The van der Waals surface area contributed by atoms with E-state index in [2.05, 4.69) is 5.32 Å². The summed E-state index contributed by atoms with van der Waals surface area (Å²) in [4.78, 5) is 33.8. The minimum atomic E-state index is -0.210. The molecule has 0 unspecified atom stereocenters.